The maximum atomic E-state index is 12.5. The van der Waals surface area contributed by atoms with Crippen LogP contribution in [0.15, 0.2) is 30.3 Å². The molecule has 2 heterocycles. The van der Waals surface area contributed by atoms with Crippen LogP contribution in [-0.2, 0) is 9.53 Å². The Morgan fingerprint density at radius 1 is 1.12 bits per heavy atom. The number of carbonyl (C=O) groups excluding carboxylic acids is 3. The zero-order chi connectivity index (χ0) is 18.2. The van der Waals surface area contributed by atoms with Gasteiger partial charge in [-0.05, 0) is 45.7 Å². The highest BCUT2D eigenvalue weighted by Crippen LogP contribution is 2.37. The lowest BCUT2D eigenvalue weighted by Crippen LogP contribution is -2.58. The van der Waals surface area contributed by atoms with Crippen LogP contribution in [-0.4, -0.2) is 47.2 Å². The van der Waals surface area contributed by atoms with Crippen molar-refractivity contribution < 1.29 is 19.1 Å². The van der Waals surface area contributed by atoms with E-state index in [4.69, 9.17) is 4.74 Å². The second-order valence-corrected chi connectivity index (χ2v) is 7.43. The molecule has 134 valence electrons. The van der Waals surface area contributed by atoms with Crippen LogP contribution in [0.3, 0.4) is 0 Å². The number of piperidine rings is 1. The number of rotatable bonds is 1. The van der Waals surface area contributed by atoms with E-state index in [-0.39, 0.29) is 5.91 Å². The van der Waals surface area contributed by atoms with E-state index in [0.29, 0.717) is 31.6 Å². The number of amides is 4. The van der Waals surface area contributed by atoms with E-state index in [1.807, 2.05) is 39.0 Å². The number of urea groups is 1. The summed E-state index contributed by atoms with van der Waals surface area (Å²) in [5, 5.41) is 2.42. The molecule has 4 amide bonds. The van der Waals surface area contributed by atoms with Crippen LogP contribution in [0.2, 0.25) is 0 Å². The molecule has 2 fully saturated rings. The lowest BCUT2D eigenvalue weighted by Gasteiger charge is -2.42. The van der Waals surface area contributed by atoms with E-state index in [1.54, 1.807) is 17.0 Å². The molecule has 1 N–H and O–H groups in total. The van der Waals surface area contributed by atoms with Gasteiger partial charge in [-0.2, -0.15) is 0 Å². The highest BCUT2D eigenvalue weighted by molar-refractivity contribution is 6.17. The summed E-state index contributed by atoms with van der Waals surface area (Å²) in [6.45, 7) is 6.17. The van der Waals surface area contributed by atoms with Gasteiger partial charge in [0, 0.05) is 18.8 Å². The number of anilines is 1. The zero-order valence-corrected chi connectivity index (χ0v) is 14.7. The maximum Gasteiger partial charge on any atom is 0.410 e. The Morgan fingerprint density at radius 2 is 1.72 bits per heavy atom. The number of ether oxygens (including phenoxy) is 1. The summed E-state index contributed by atoms with van der Waals surface area (Å²) in [4.78, 5) is 40.3. The van der Waals surface area contributed by atoms with E-state index in [1.165, 1.54) is 4.90 Å². The molecular weight excluding hydrogens is 322 g/mol. The average Bonchev–Trinajstić information content (AvgIpc) is 2.77. The summed E-state index contributed by atoms with van der Waals surface area (Å²) >= 11 is 0. The molecule has 0 saturated carbocycles. The van der Waals surface area contributed by atoms with E-state index in [9.17, 15) is 14.4 Å². The molecule has 3 rings (SSSR count). The maximum absolute atomic E-state index is 12.5. The summed E-state index contributed by atoms with van der Waals surface area (Å²) in [7, 11) is 0. The van der Waals surface area contributed by atoms with Crippen molar-refractivity contribution in [3.05, 3.63) is 30.3 Å². The topological polar surface area (TPSA) is 79.0 Å². The molecule has 1 spiro atoms. The van der Waals surface area contributed by atoms with E-state index in [0.717, 1.165) is 0 Å². The van der Waals surface area contributed by atoms with Gasteiger partial charge in [0.15, 0.2) is 0 Å². The molecule has 1 aromatic carbocycles. The lowest BCUT2D eigenvalue weighted by molar-refractivity contribution is -0.124. The molecule has 0 unspecified atom stereocenters. The normalized spacial score (nSPS) is 20.0. The predicted octanol–water partition coefficient (Wildman–Crippen LogP) is 2.51. The minimum atomic E-state index is -0.947. The van der Waals surface area contributed by atoms with Gasteiger partial charge >= 0.3 is 12.1 Å². The standard InChI is InChI=1S/C18H23N3O4/c1-17(2,3)25-16(24)20-11-9-18(10-12-20)14(22)19-15(23)21(18)13-7-5-4-6-8-13/h4-8H,9-12H2,1-3H3,(H,19,22,23). The van der Waals surface area contributed by atoms with Crippen molar-refractivity contribution >= 4 is 23.7 Å². The fourth-order valence-electron chi connectivity index (χ4n) is 3.34. The number of nitrogens with zero attached hydrogens (tertiary/aromatic N) is 2. The first-order valence-electron chi connectivity index (χ1n) is 8.42. The largest absolute Gasteiger partial charge is 0.444 e. The Kier molecular flexibility index (Phi) is 4.18. The van der Waals surface area contributed by atoms with Crippen molar-refractivity contribution in [3.8, 4) is 0 Å². The van der Waals surface area contributed by atoms with Gasteiger partial charge < -0.3 is 9.64 Å². The minimum Gasteiger partial charge on any atom is -0.444 e. The first-order valence-corrected chi connectivity index (χ1v) is 8.42. The molecule has 0 atom stereocenters. The van der Waals surface area contributed by atoms with Crippen LogP contribution in [0.1, 0.15) is 33.6 Å². The van der Waals surface area contributed by atoms with E-state index in [2.05, 4.69) is 5.32 Å². The number of imide groups is 1. The van der Waals surface area contributed by atoms with Crippen molar-refractivity contribution in [2.75, 3.05) is 18.0 Å². The van der Waals surface area contributed by atoms with Crippen molar-refractivity contribution in [3.63, 3.8) is 0 Å². The van der Waals surface area contributed by atoms with Gasteiger partial charge in [0.05, 0.1) is 0 Å². The van der Waals surface area contributed by atoms with Gasteiger partial charge in [0.25, 0.3) is 5.91 Å². The first-order chi connectivity index (χ1) is 11.7. The molecule has 1 aromatic rings. The number of likely N-dealkylation sites (tertiary alicyclic amines) is 1. The van der Waals surface area contributed by atoms with Crippen LogP contribution in [0, 0.1) is 0 Å². The fraction of sp³-hybridized carbons (Fsp3) is 0.500. The van der Waals surface area contributed by atoms with Gasteiger partial charge in [0.2, 0.25) is 0 Å². The number of para-hydroxylation sites is 1. The molecule has 7 nitrogen and oxygen atoms in total. The van der Waals surface area contributed by atoms with E-state index >= 15 is 0 Å². The molecule has 2 saturated heterocycles. The predicted molar refractivity (Wildman–Crippen MR) is 92.2 cm³/mol. The molecule has 2 aliphatic heterocycles. The molecule has 2 aliphatic rings. The summed E-state index contributed by atoms with van der Waals surface area (Å²) < 4.78 is 5.39. The van der Waals surface area contributed by atoms with Crippen LogP contribution >= 0.6 is 0 Å². The third-order valence-corrected chi connectivity index (χ3v) is 4.53. The Morgan fingerprint density at radius 3 is 2.28 bits per heavy atom. The van der Waals surface area contributed by atoms with Gasteiger partial charge in [-0.1, -0.05) is 18.2 Å². The smallest absolute Gasteiger partial charge is 0.410 e. The Hall–Kier alpha value is -2.57. The molecule has 0 bridgehead atoms. The summed E-state index contributed by atoms with van der Waals surface area (Å²) in [5.74, 6) is -0.301. The summed E-state index contributed by atoms with van der Waals surface area (Å²) in [5.41, 5.74) is -0.837. The van der Waals surface area contributed by atoms with Gasteiger partial charge in [-0.15, -0.1) is 0 Å². The second-order valence-electron chi connectivity index (χ2n) is 7.43. The Labute approximate surface area is 146 Å². The molecule has 0 aromatic heterocycles. The number of benzene rings is 1. The monoisotopic (exact) mass is 345 g/mol. The van der Waals surface area contributed by atoms with Crippen LogP contribution in [0.4, 0.5) is 15.3 Å². The number of nitrogens with one attached hydrogen (secondary N) is 1. The van der Waals surface area contributed by atoms with Crippen molar-refractivity contribution in [2.24, 2.45) is 0 Å². The SMILES string of the molecule is CC(C)(C)OC(=O)N1CCC2(CC1)C(=O)NC(=O)N2c1ccccc1. The van der Waals surface area contributed by atoms with Crippen LogP contribution < -0.4 is 10.2 Å². The number of hydrogen-bond donors (Lipinski definition) is 1. The van der Waals surface area contributed by atoms with Crippen LogP contribution in [0.5, 0.6) is 0 Å². The number of hydrogen-bond acceptors (Lipinski definition) is 4. The molecular formula is C18H23N3O4. The third kappa shape index (κ3) is 3.18. The molecule has 25 heavy (non-hydrogen) atoms. The first kappa shape index (κ1) is 17.3. The fourth-order valence-corrected chi connectivity index (χ4v) is 3.34. The zero-order valence-electron chi connectivity index (χ0n) is 14.7. The Bertz CT molecular complexity index is 688. The summed E-state index contributed by atoms with van der Waals surface area (Å²) in [6, 6.07) is 8.71. The van der Waals surface area contributed by atoms with Gasteiger partial charge in [-0.3, -0.25) is 15.0 Å². The third-order valence-electron chi connectivity index (χ3n) is 4.53. The quantitative estimate of drug-likeness (QED) is 0.793. The molecule has 7 heteroatoms. The summed E-state index contributed by atoms with van der Waals surface area (Å²) in [6.07, 6.45) is 0.357. The highest BCUT2D eigenvalue weighted by atomic mass is 16.6. The highest BCUT2D eigenvalue weighted by Gasteiger charge is 2.55. The minimum absolute atomic E-state index is 0.301. The average molecular weight is 345 g/mol. The van der Waals surface area contributed by atoms with E-state index < -0.39 is 23.3 Å². The van der Waals surface area contributed by atoms with Gasteiger partial charge in [-0.25, -0.2) is 9.59 Å². The second kappa shape index (κ2) is 6.06. The number of carbonyl (C=O) groups is 3. The molecule has 0 aliphatic carbocycles. The van der Waals surface area contributed by atoms with Crippen molar-refractivity contribution in [1.29, 1.82) is 0 Å². The van der Waals surface area contributed by atoms with Crippen LogP contribution in [0.25, 0.3) is 0 Å². The molecule has 0 radical (unpaired) electrons. The Balaban J connectivity index is 1.79. The van der Waals surface area contributed by atoms with Crippen molar-refractivity contribution in [1.82, 2.24) is 10.2 Å². The lowest BCUT2D eigenvalue weighted by atomic mass is 9.86. The van der Waals surface area contributed by atoms with Gasteiger partial charge in [0.1, 0.15) is 11.1 Å². The van der Waals surface area contributed by atoms with Crippen molar-refractivity contribution in [2.45, 2.75) is 44.8 Å².